The maximum atomic E-state index is 13.7. The number of halogens is 3. The van der Waals surface area contributed by atoms with E-state index in [4.69, 9.17) is 5.26 Å². The summed E-state index contributed by atoms with van der Waals surface area (Å²) in [6.45, 7) is 1.46. The molecule has 0 aliphatic rings. The Morgan fingerprint density at radius 2 is 2.00 bits per heavy atom. The average molecular weight is 279 g/mol. The zero-order chi connectivity index (χ0) is 14.9. The third-order valence-corrected chi connectivity index (χ3v) is 2.67. The second-order valence-corrected chi connectivity index (χ2v) is 4.04. The van der Waals surface area contributed by atoms with Gasteiger partial charge in [0, 0.05) is 11.8 Å². The predicted molar refractivity (Wildman–Crippen MR) is 63.8 cm³/mol. The van der Waals surface area contributed by atoms with Gasteiger partial charge in [-0.2, -0.15) is 10.4 Å². The van der Waals surface area contributed by atoms with E-state index in [1.807, 2.05) is 0 Å². The van der Waals surface area contributed by atoms with Gasteiger partial charge in [0.1, 0.15) is 11.4 Å². The second kappa shape index (κ2) is 5.17. The summed E-state index contributed by atoms with van der Waals surface area (Å²) in [6, 6.07) is 4.68. The maximum absolute atomic E-state index is 13.7. The minimum atomic E-state index is -1.62. The van der Waals surface area contributed by atoms with Crippen molar-refractivity contribution in [3.63, 3.8) is 0 Å². The lowest BCUT2D eigenvalue weighted by Crippen LogP contribution is -2.19. The summed E-state index contributed by atoms with van der Waals surface area (Å²) >= 11 is 0. The average Bonchev–Trinajstić information content (AvgIpc) is 2.40. The Labute approximate surface area is 111 Å². The molecule has 0 saturated heterocycles. The van der Waals surface area contributed by atoms with Crippen LogP contribution in [0.25, 0.3) is 5.69 Å². The fourth-order valence-electron chi connectivity index (χ4n) is 1.70. The van der Waals surface area contributed by atoms with E-state index >= 15 is 0 Å². The highest BCUT2D eigenvalue weighted by molar-refractivity contribution is 5.35. The van der Waals surface area contributed by atoms with Crippen molar-refractivity contribution >= 4 is 0 Å². The number of nitrogens with zero attached hydrogens (tertiary/aromatic N) is 3. The standard InChI is InChI=1S/C13H8F3N3O/c1-7-6-11(20)9(4-5-17)18-19(7)10-3-2-8(14)12(15)13(10)16/h2-3,6H,4H2,1H3. The molecule has 1 aromatic heterocycles. The predicted octanol–water partition coefficient (Wildman–Crippen LogP) is 2.02. The molecule has 7 heteroatoms. The number of benzene rings is 1. The second-order valence-electron chi connectivity index (χ2n) is 4.04. The van der Waals surface area contributed by atoms with E-state index in [-0.39, 0.29) is 23.5 Å². The maximum Gasteiger partial charge on any atom is 0.204 e. The number of hydrogen-bond donors (Lipinski definition) is 0. The summed E-state index contributed by atoms with van der Waals surface area (Å²) in [5, 5.41) is 12.4. The number of aryl methyl sites for hydroxylation is 1. The lowest BCUT2D eigenvalue weighted by Gasteiger charge is -2.11. The highest BCUT2D eigenvalue weighted by atomic mass is 19.2. The molecule has 0 fully saturated rings. The SMILES string of the molecule is Cc1cc(=O)c(CC#N)nn1-c1ccc(F)c(F)c1F. The monoisotopic (exact) mass is 279 g/mol. The van der Waals surface area contributed by atoms with Crippen LogP contribution >= 0.6 is 0 Å². The third kappa shape index (κ3) is 2.28. The lowest BCUT2D eigenvalue weighted by molar-refractivity contribution is 0.442. The largest absolute Gasteiger partial charge is 0.288 e. The van der Waals surface area contributed by atoms with Crippen molar-refractivity contribution in [2.75, 3.05) is 0 Å². The van der Waals surface area contributed by atoms with Crippen molar-refractivity contribution in [2.45, 2.75) is 13.3 Å². The molecule has 0 amide bonds. The van der Waals surface area contributed by atoms with E-state index in [1.54, 1.807) is 6.07 Å². The molecule has 1 heterocycles. The van der Waals surface area contributed by atoms with Gasteiger partial charge in [0.2, 0.25) is 5.43 Å². The molecule has 0 saturated carbocycles. The Morgan fingerprint density at radius 1 is 1.30 bits per heavy atom. The van der Waals surface area contributed by atoms with Gasteiger partial charge in [0.15, 0.2) is 17.5 Å². The first-order valence-corrected chi connectivity index (χ1v) is 5.56. The van der Waals surface area contributed by atoms with E-state index in [0.717, 1.165) is 22.9 Å². The zero-order valence-corrected chi connectivity index (χ0v) is 10.3. The van der Waals surface area contributed by atoms with Gasteiger partial charge in [-0.3, -0.25) is 4.79 Å². The van der Waals surface area contributed by atoms with Gasteiger partial charge in [-0.1, -0.05) is 0 Å². The van der Waals surface area contributed by atoms with Crippen LogP contribution in [0.2, 0.25) is 0 Å². The molecule has 0 aliphatic carbocycles. The molecule has 20 heavy (non-hydrogen) atoms. The minimum absolute atomic E-state index is 0.0952. The fraction of sp³-hybridized carbons (Fsp3) is 0.154. The molecular weight excluding hydrogens is 271 g/mol. The van der Waals surface area contributed by atoms with Crippen molar-refractivity contribution < 1.29 is 13.2 Å². The highest BCUT2D eigenvalue weighted by Gasteiger charge is 2.17. The molecule has 4 nitrogen and oxygen atoms in total. The Morgan fingerprint density at radius 3 is 2.65 bits per heavy atom. The number of nitriles is 1. The molecule has 0 bridgehead atoms. The van der Waals surface area contributed by atoms with E-state index in [1.165, 1.54) is 6.92 Å². The van der Waals surface area contributed by atoms with Crippen LogP contribution in [0.3, 0.4) is 0 Å². The van der Waals surface area contributed by atoms with Gasteiger partial charge >= 0.3 is 0 Å². The third-order valence-electron chi connectivity index (χ3n) is 2.67. The Balaban J connectivity index is 2.70. The van der Waals surface area contributed by atoms with Gasteiger partial charge in [-0.25, -0.2) is 17.9 Å². The Hall–Kier alpha value is -2.62. The van der Waals surface area contributed by atoms with Gasteiger partial charge in [0.25, 0.3) is 0 Å². The number of aromatic nitrogens is 2. The van der Waals surface area contributed by atoms with E-state index in [0.29, 0.717) is 0 Å². The van der Waals surface area contributed by atoms with Crippen molar-refractivity contribution in [2.24, 2.45) is 0 Å². The Bertz CT molecular complexity index is 778. The fourth-order valence-corrected chi connectivity index (χ4v) is 1.70. The van der Waals surface area contributed by atoms with E-state index in [9.17, 15) is 18.0 Å². The quantitative estimate of drug-likeness (QED) is 0.790. The molecule has 1 aromatic carbocycles. The van der Waals surface area contributed by atoms with Crippen LogP contribution < -0.4 is 5.43 Å². The molecule has 0 radical (unpaired) electrons. The van der Waals surface area contributed by atoms with Gasteiger partial charge in [-0.15, -0.1) is 0 Å². The molecule has 0 atom stereocenters. The summed E-state index contributed by atoms with van der Waals surface area (Å²) in [5.74, 6) is -4.35. The molecule has 0 unspecified atom stereocenters. The smallest absolute Gasteiger partial charge is 0.204 e. The van der Waals surface area contributed by atoms with Gasteiger partial charge in [-0.05, 0) is 19.1 Å². The van der Waals surface area contributed by atoms with Crippen LogP contribution in [0.4, 0.5) is 13.2 Å². The summed E-state index contributed by atoms with van der Waals surface area (Å²) in [4.78, 5) is 11.6. The molecule has 102 valence electrons. The number of rotatable bonds is 2. The topological polar surface area (TPSA) is 58.7 Å². The highest BCUT2D eigenvalue weighted by Crippen LogP contribution is 2.19. The van der Waals surface area contributed by atoms with Crippen LogP contribution in [0, 0.1) is 35.7 Å². The molecule has 0 N–H and O–H groups in total. The van der Waals surface area contributed by atoms with Crippen LogP contribution in [-0.4, -0.2) is 9.78 Å². The summed E-state index contributed by atoms with van der Waals surface area (Å²) < 4.78 is 40.8. The molecule has 2 rings (SSSR count). The first-order chi connectivity index (χ1) is 9.45. The van der Waals surface area contributed by atoms with Gasteiger partial charge in [0.05, 0.1) is 12.5 Å². The van der Waals surface area contributed by atoms with E-state index < -0.39 is 22.9 Å². The van der Waals surface area contributed by atoms with Crippen LogP contribution in [0.5, 0.6) is 0 Å². The number of hydrogen-bond acceptors (Lipinski definition) is 3. The lowest BCUT2D eigenvalue weighted by atomic mass is 10.2. The van der Waals surface area contributed by atoms with Gasteiger partial charge < -0.3 is 0 Å². The molecule has 0 aliphatic heterocycles. The Kier molecular flexibility index (Phi) is 3.57. The first kappa shape index (κ1) is 13.8. The molecular formula is C13H8F3N3O. The summed E-state index contributed by atoms with van der Waals surface area (Å²) in [7, 11) is 0. The van der Waals surface area contributed by atoms with Crippen LogP contribution in [0.1, 0.15) is 11.4 Å². The first-order valence-electron chi connectivity index (χ1n) is 5.56. The van der Waals surface area contributed by atoms with Crippen molar-refractivity contribution in [1.29, 1.82) is 5.26 Å². The van der Waals surface area contributed by atoms with Crippen LogP contribution in [-0.2, 0) is 6.42 Å². The molecule has 2 aromatic rings. The van der Waals surface area contributed by atoms with Crippen LogP contribution in [0.15, 0.2) is 23.0 Å². The summed E-state index contributed by atoms with van der Waals surface area (Å²) in [5.41, 5.74) is -0.660. The molecule has 0 spiro atoms. The normalized spacial score (nSPS) is 10.3. The zero-order valence-electron chi connectivity index (χ0n) is 10.3. The van der Waals surface area contributed by atoms with Crippen molar-refractivity contribution in [3.05, 3.63) is 57.3 Å². The minimum Gasteiger partial charge on any atom is -0.288 e. The van der Waals surface area contributed by atoms with Crippen molar-refractivity contribution in [1.82, 2.24) is 9.78 Å². The van der Waals surface area contributed by atoms with E-state index in [2.05, 4.69) is 5.10 Å². The summed E-state index contributed by atoms with van der Waals surface area (Å²) in [6.07, 6.45) is -0.260. The van der Waals surface area contributed by atoms with Crippen molar-refractivity contribution in [3.8, 4) is 11.8 Å².